The van der Waals surface area contributed by atoms with Gasteiger partial charge in [-0.3, -0.25) is 29.4 Å². The predicted molar refractivity (Wildman–Crippen MR) is 186 cm³/mol. The lowest BCUT2D eigenvalue weighted by Crippen LogP contribution is -2.52. The molecule has 4 aliphatic heterocycles. The largest absolute Gasteiger partial charge is 0.465 e. The Labute approximate surface area is 290 Å². The van der Waals surface area contributed by atoms with Crippen LogP contribution in [0.1, 0.15) is 69.5 Å². The number of likely N-dealkylation sites (tertiary alicyclic amines) is 2. The highest BCUT2D eigenvalue weighted by Crippen LogP contribution is 2.42. The minimum atomic E-state index is -1.06. The van der Waals surface area contributed by atoms with Gasteiger partial charge in [0.2, 0.25) is 11.7 Å². The van der Waals surface area contributed by atoms with E-state index in [4.69, 9.17) is 4.74 Å². The van der Waals surface area contributed by atoms with Crippen LogP contribution in [0.3, 0.4) is 0 Å². The fraction of sp³-hybridized carbons (Fsp3) is 0.359. The topological polar surface area (TPSA) is 142 Å². The molecule has 7 rings (SSSR count). The molecule has 4 aliphatic rings. The van der Waals surface area contributed by atoms with E-state index in [2.05, 4.69) is 15.0 Å². The molecule has 3 aromatic rings. The molecule has 256 valence electrons. The van der Waals surface area contributed by atoms with Crippen molar-refractivity contribution in [3.63, 3.8) is 0 Å². The van der Waals surface area contributed by atoms with Gasteiger partial charge in [-0.05, 0) is 42.9 Å². The van der Waals surface area contributed by atoms with Gasteiger partial charge < -0.3 is 19.6 Å². The zero-order chi connectivity index (χ0) is 34.8. The van der Waals surface area contributed by atoms with Gasteiger partial charge in [-0.15, -0.1) is 0 Å². The highest BCUT2D eigenvalue weighted by atomic mass is 16.5. The zero-order valence-corrected chi connectivity index (χ0v) is 27.9. The Kier molecular flexibility index (Phi) is 9.24. The molecule has 0 radical (unpaired) electrons. The molecule has 2 saturated heterocycles. The number of aromatic nitrogens is 1. The van der Waals surface area contributed by atoms with Crippen LogP contribution in [-0.2, 0) is 14.3 Å². The minimum absolute atomic E-state index is 0.0131. The summed E-state index contributed by atoms with van der Waals surface area (Å²) in [5.74, 6) is -1.90. The molecule has 2 fully saturated rings. The van der Waals surface area contributed by atoms with Crippen LogP contribution in [0.5, 0.6) is 0 Å². The maximum atomic E-state index is 14.2. The number of dihydropyridines is 1. The second kappa shape index (κ2) is 13.9. The van der Waals surface area contributed by atoms with Crippen LogP contribution < -0.4 is 0 Å². The first-order valence-electron chi connectivity index (χ1n) is 17.0. The van der Waals surface area contributed by atoms with Crippen LogP contribution >= 0.6 is 0 Å². The molecule has 5 heterocycles. The number of aliphatic imine (C=N–C) groups is 2. The van der Waals surface area contributed by atoms with E-state index in [0.717, 1.165) is 11.1 Å². The van der Waals surface area contributed by atoms with Gasteiger partial charge in [-0.1, -0.05) is 60.7 Å². The number of carbonyl (C=O) groups excluding carboxylic acids is 4. The number of hydrogen-bond donors (Lipinski definition) is 1. The first-order chi connectivity index (χ1) is 24.2. The highest BCUT2D eigenvalue weighted by molar-refractivity contribution is 6.37. The molecule has 4 atom stereocenters. The fourth-order valence-corrected chi connectivity index (χ4v) is 7.78. The van der Waals surface area contributed by atoms with E-state index < -0.39 is 11.6 Å². The number of carbonyl (C=O) groups is 4. The molecular formula is C39H39N5O6. The van der Waals surface area contributed by atoms with Gasteiger partial charge in [0, 0.05) is 68.1 Å². The number of ether oxygens (including phenoxy) is 1. The third kappa shape index (κ3) is 6.53. The Balaban J connectivity index is 1.02. The molecule has 1 N–H and O–H groups in total. The number of aliphatic hydroxyl groups is 1. The second-order valence-corrected chi connectivity index (χ2v) is 13.5. The van der Waals surface area contributed by atoms with E-state index in [0.29, 0.717) is 63.1 Å². The molecule has 2 amide bonds. The van der Waals surface area contributed by atoms with E-state index in [1.165, 1.54) is 31.8 Å². The monoisotopic (exact) mass is 673 g/mol. The lowest BCUT2D eigenvalue weighted by Gasteiger charge is -2.43. The van der Waals surface area contributed by atoms with Crippen molar-refractivity contribution in [3.05, 3.63) is 113 Å². The van der Waals surface area contributed by atoms with E-state index in [1.54, 1.807) is 11.1 Å². The molecular weight excluding hydrogens is 634 g/mol. The van der Waals surface area contributed by atoms with E-state index in [9.17, 15) is 24.3 Å². The van der Waals surface area contributed by atoms with Crippen molar-refractivity contribution in [1.29, 1.82) is 0 Å². The van der Waals surface area contributed by atoms with Crippen molar-refractivity contribution in [2.75, 3.05) is 33.3 Å². The summed E-state index contributed by atoms with van der Waals surface area (Å²) in [6.07, 6.45) is 7.52. The van der Waals surface area contributed by atoms with Gasteiger partial charge in [0.1, 0.15) is 6.04 Å². The molecule has 0 saturated carbocycles. The summed E-state index contributed by atoms with van der Waals surface area (Å²) in [4.78, 5) is 69.6. The van der Waals surface area contributed by atoms with Crippen LogP contribution in [-0.4, -0.2) is 94.8 Å². The average Bonchev–Trinajstić information content (AvgIpc) is 3.58. The summed E-state index contributed by atoms with van der Waals surface area (Å²) in [6, 6.07) is 20.6. The van der Waals surface area contributed by atoms with Gasteiger partial charge in [0.15, 0.2) is 0 Å². The third-order valence-corrected chi connectivity index (χ3v) is 10.5. The number of esters is 1. The Morgan fingerprint density at radius 3 is 2.30 bits per heavy atom. The number of hydrogen-bond acceptors (Lipinski definition) is 9. The lowest BCUT2D eigenvalue weighted by atomic mass is 9.77. The van der Waals surface area contributed by atoms with E-state index in [-0.39, 0.29) is 52.5 Å². The number of pyridine rings is 1. The zero-order valence-electron chi connectivity index (χ0n) is 27.9. The highest BCUT2D eigenvalue weighted by Gasteiger charge is 2.44. The minimum Gasteiger partial charge on any atom is -0.465 e. The molecule has 11 heteroatoms. The Morgan fingerprint density at radius 2 is 1.60 bits per heavy atom. The van der Waals surface area contributed by atoms with Crippen LogP contribution in [0.2, 0.25) is 0 Å². The molecule has 1 aromatic heterocycles. The number of methoxy groups -OCH3 is 1. The third-order valence-electron chi connectivity index (χ3n) is 10.5. The number of ketones is 1. The summed E-state index contributed by atoms with van der Waals surface area (Å²) in [6.45, 7) is 1.48. The molecule has 50 heavy (non-hydrogen) atoms. The van der Waals surface area contributed by atoms with Gasteiger partial charge in [0.05, 0.1) is 35.7 Å². The number of benzene rings is 2. The van der Waals surface area contributed by atoms with Gasteiger partial charge >= 0.3 is 5.97 Å². The Hall–Kier alpha value is -5.29. The van der Waals surface area contributed by atoms with Crippen molar-refractivity contribution >= 4 is 36.0 Å². The first-order valence-corrected chi connectivity index (χ1v) is 17.0. The summed E-state index contributed by atoms with van der Waals surface area (Å²) >= 11 is 0. The van der Waals surface area contributed by atoms with Crippen molar-refractivity contribution in [3.8, 4) is 0 Å². The summed E-state index contributed by atoms with van der Waals surface area (Å²) < 4.78 is 4.79. The number of piperidine rings is 2. The van der Waals surface area contributed by atoms with Crippen molar-refractivity contribution in [2.24, 2.45) is 21.8 Å². The smallest absolute Gasteiger partial charge is 0.339 e. The van der Waals surface area contributed by atoms with Crippen molar-refractivity contribution in [2.45, 2.75) is 43.2 Å². The summed E-state index contributed by atoms with van der Waals surface area (Å²) in [5, 5.41) is 11.8. The molecule has 0 bridgehead atoms. The average molecular weight is 674 g/mol. The van der Waals surface area contributed by atoms with E-state index >= 15 is 0 Å². The van der Waals surface area contributed by atoms with Gasteiger partial charge in [-0.25, -0.2) is 4.79 Å². The van der Waals surface area contributed by atoms with Crippen LogP contribution in [0.25, 0.3) is 0 Å². The second-order valence-electron chi connectivity index (χ2n) is 13.5. The number of rotatable bonds is 7. The molecule has 2 unspecified atom stereocenters. The molecule has 11 nitrogen and oxygen atoms in total. The number of Topliss-reactive ketones (excluding diaryl/α,β-unsaturated/α-hetero) is 1. The Morgan fingerprint density at radius 1 is 0.920 bits per heavy atom. The van der Waals surface area contributed by atoms with Gasteiger partial charge in [0.25, 0.3) is 5.91 Å². The maximum absolute atomic E-state index is 14.2. The number of amides is 2. The SMILES string of the molecule is COC(=O)c1cncc(C(=O)N2CC[C@@H](C(=O)N3CCC(O)(CC4C=NC5=C4C(=O)C=NC5c4ccccc4)CC3)[C@H](c3ccccc3)C2)c1. The fourth-order valence-electron chi connectivity index (χ4n) is 7.78. The maximum Gasteiger partial charge on any atom is 0.339 e. The van der Waals surface area contributed by atoms with Crippen LogP contribution in [0.15, 0.2) is 100 Å². The van der Waals surface area contributed by atoms with E-state index in [1.807, 2.05) is 65.6 Å². The predicted octanol–water partition coefficient (Wildman–Crippen LogP) is 4.21. The summed E-state index contributed by atoms with van der Waals surface area (Å²) in [7, 11) is 1.28. The normalized spacial score (nSPS) is 24.2. The number of allylic oxidation sites excluding steroid dienone is 1. The first kappa shape index (κ1) is 33.2. The molecule has 0 aliphatic carbocycles. The van der Waals surface area contributed by atoms with Crippen LogP contribution in [0.4, 0.5) is 0 Å². The quantitative estimate of drug-likeness (QED) is 0.371. The molecule has 0 spiro atoms. The van der Waals surface area contributed by atoms with Crippen LogP contribution in [0, 0.1) is 11.8 Å². The standard InChI is InChI=1S/C39H39N5O6/c1-50-38(48)28-18-27(20-40-21-28)36(46)44-15-12-30(31(24-44)25-8-4-2-5-9-25)37(47)43-16-13-39(49,14-17-43)19-29-22-41-35-33(29)32(45)23-42-34(35)26-10-6-3-7-11-26/h2-11,18,20-23,29-31,34,49H,12-17,19,24H2,1H3/t29?,30-,31+,34?/m1/s1. The summed E-state index contributed by atoms with van der Waals surface area (Å²) in [5.41, 5.74) is 2.59. The Bertz CT molecular complexity index is 1880. The van der Waals surface area contributed by atoms with Crippen molar-refractivity contribution in [1.82, 2.24) is 14.8 Å². The number of nitrogens with zero attached hydrogens (tertiary/aromatic N) is 5. The van der Waals surface area contributed by atoms with Crippen molar-refractivity contribution < 1.29 is 29.0 Å². The van der Waals surface area contributed by atoms with Gasteiger partial charge in [-0.2, -0.15) is 0 Å². The molecule has 2 aromatic carbocycles. The lowest BCUT2D eigenvalue weighted by molar-refractivity contribution is -0.142.